The average Bonchev–Trinajstić information content (AvgIpc) is 2.55. The molecule has 0 fully saturated rings. The summed E-state index contributed by atoms with van der Waals surface area (Å²) in [6.45, 7) is 1.79. The van der Waals surface area contributed by atoms with Crippen molar-refractivity contribution in [3.05, 3.63) is 64.8 Å². The van der Waals surface area contributed by atoms with Crippen molar-refractivity contribution in [2.75, 3.05) is 5.32 Å². The van der Waals surface area contributed by atoms with E-state index in [9.17, 15) is 21.6 Å². The molecule has 2 rings (SSSR count). The first-order chi connectivity index (χ1) is 11.6. The van der Waals surface area contributed by atoms with E-state index in [0.717, 1.165) is 23.9 Å². The van der Waals surface area contributed by atoms with Gasteiger partial charge in [0.1, 0.15) is 11.9 Å². The van der Waals surface area contributed by atoms with Gasteiger partial charge in [-0.2, -0.15) is 18.4 Å². The van der Waals surface area contributed by atoms with E-state index in [4.69, 9.17) is 5.26 Å². The molecule has 1 heterocycles. The number of sulfone groups is 1. The van der Waals surface area contributed by atoms with Crippen LogP contribution in [-0.4, -0.2) is 13.4 Å². The Morgan fingerprint density at radius 3 is 2.32 bits per heavy atom. The number of aryl methyl sites for hydroxylation is 1. The summed E-state index contributed by atoms with van der Waals surface area (Å²) >= 11 is 0. The van der Waals surface area contributed by atoms with E-state index in [-0.39, 0.29) is 10.7 Å². The van der Waals surface area contributed by atoms with Crippen molar-refractivity contribution < 1.29 is 21.6 Å². The minimum atomic E-state index is -4.52. The maximum absolute atomic E-state index is 12.5. The Morgan fingerprint density at radius 2 is 1.84 bits per heavy atom. The molecule has 0 amide bonds. The lowest BCUT2D eigenvalue weighted by molar-refractivity contribution is -0.137. The van der Waals surface area contributed by atoms with E-state index < -0.39 is 26.5 Å². The van der Waals surface area contributed by atoms with Crippen LogP contribution in [0.15, 0.2) is 58.6 Å². The van der Waals surface area contributed by atoms with Crippen LogP contribution < -0.4 is 5.32 Å². The molecule has 1 aromatic heterocycles. The maximum atomic E-state index is 12.5. The quantitative estimate of drug-likeness (QED) is 0.834. The van der Waals surface area contributed by atoms with Crippen molar-refractivity contribution in [2.45, 2.75) is 18.0 Å². The predicted octanol–water partition coefficient (Wildman–Crippen LogP) is 3.66. The zero-order valence-corrected chi connectivity index (χ0v) is 13.7. The number of halogens is 3. The zero-order valence-electron chi connectivity index (χ0n) is 12.9. The Labute approximate surface area is 142 Å². The summed E-state index contributed by atoms with van der Waals surface area (Å²) < 4.78 is 62.2. The molecule has 5 nitrogen and oxygen atoms in total. The van der Waals surface area contributed by atoms with Crippen LogP contribution in [0.4, 0.5) is 19.0 Å². The molecule has 130 valence electrons. The van der Waals surface area contributed by atoms with Crippen LogP contribution in [0.5, 0.6) is 0 Å². The monoisotopic (exact) mass is 367 g/mol. The highest BCUT2D eigenvalue weighted by Crippen LogP contribution is 2.29. The van der Waals surface area contributed by atoms with E-state index >= 15 is 0 Å². The zero-order chi connectivity index (χ0) is 18.7. The lowest BCUT2D eigenvalue weighted by atomic mass is 10.2. The molecule has 1 N–H and O–H groups in total. The summed E-state index contributed by atoms with van der Waals surface area (Å²) in [5.74, 6) is -0.0279. The summed E-state index contributed by atoms with van der Waals surface area (Å²) in [4.78, 5) is 2.89. The van der Waals surface area contributed by atoms with Gasteiger partial charge < -0.3 is 5.32 Å². The van der Waals surface area contributed by atoms with Crippen molar-refractivity contribution in [2.24, 2.45) is 0 Å². The highest BCUT2D eigenvalue weighted by atomic mass is 32.2. The molecule has 1 aromatic carbocycles. The molecule has 0 saturated carbocycles. The van der Waals surface area contributed by atoms with Gasteiger partial charge in [0, 0.05) is 12.4 Å². The summed E-state index contributed by atoms with van der Waals surface area (Å²) in [5.41, 5.74) is -0.0803. The molecule has 0 radical (unpaired) electrons. The number of nitrogens with one attached hydrogen (secondary N) is 1. The van der Waals surface area contributed by atoms with Crippen molar-refractivity contribution >= 4 is 15.7 Å². The van der Waals surface area contributed by atoms with Crippen molar-refractivity contribution in [3.8, 4) is 6.07 Å². The maximum Gasteiger partial charge on any atom is 0.417 e. The molecule has 0 aliphatic heterocycles. The highest BCUT2D eigenvalue weighted by Gasteiger charge is 2.30. The SMILES string of the molecule is Cc1ccc(S(=O)(=O)/C(C#N)=C\Nc2ccc(C(F)(F)F)cn2)cc1. The molecule has 25 heavy (non-hydrogen) atoms. The minimum Gasteiger partial charge on any atom is -0.345 e. The van der Waals surface area contributed by atoms with E-state index in [0.29, 0.717) is 6.20 Å². The molecular weight excluding hydrogens is 355 g/mol. The van der Waals surface area contributed by atoms with Crippen LogP contribution in [0.25, 0.3) is 0 Å². The molecule has 0 unspecified atom stereocenters. The molecule has 0 aliphatic carbocycles. The van der Waals surface area contributed by atoms with Crippen molar-refractivity contribution in [1.29, 1.82) is 5.26 Å². The van der Waals surface area contributed by atoms with Gasteiger partial charge in [-0.15, -0.1) is 0 Å². The van der Waals surface area contributed by atoms with E-state index in [1.165, 1.54) is 12.1 Å². The van der Waals surface area contributed by atoms with Gasteiger partial charge in [-0.05, 0) is 31.2 Å². The van der Waals surface area contributed by atoms with Gasteiger partial charge in [0.2, 0.25) is 9.84 Å². The number of pyridine rings is 1. The number of hydrogen-bond acceptors (Lipinski definition) is 5. The Morgan fingerprint density at radius 1 is 1.20 bits per heavy atom. The molecule has 0 bridgehead atoms. The fourth-order valence-corrected chi connectivity index (χ4v) is 2.88. The summed E-state index contributed by atoms with van der Waals surface area (Å²) in [6, 6.07) is 9.31. The third kappa shape index (κ3) is 4.36. The van der Waals surface area contributed by atoms with E-state index in [2.05, 4.69) is 10.3 Å². The molecule has 0 spiro atoms. The first-order valence-corrected chi connectivity index (χ1v) is 8.35. The van der Waals surface area contributed by atoms with Crippen LogP contribution in [0.2, 0.25) is 0 Å². The van der Waals surface area contributed by atoms with Crippen molar-refractivity contribution in [3.63, 3.8) is 0 Å². The number of anilines is 1. The predicted molar refractivity (Wildman–Crippen MR) is 84.9 cm³/mol. The van der Waals surface area contributed by atoms with Crippen molar-refractivity contribution in [1.82, 2.24) is 4.98 Å². The average molecular weight is 367 g/mol. The Kier molecular flexibility index (Phi) is 5.13. The summed E-state index contributed by atoms with van der Waals surface area (Å²) in [7, 11) is -4.04. The van der Waals surface area contributed by atoms with E-state index in [1.807, 2.05) is 0 Å². The summed E-state index contributed by atoms with van der Waals surface area (Å²) in [5, 5.41) is 11.5. The van der Waals surface area contributed by atoms with Gasteiger partial charge in [-0.25, -0.2) is 13.4 Å². The van der Waals surface area contributed by atoms with Gasteiger partial charge in [0.25, 0.3) is 0 Å². The number of nitrogens with zero attached hydrogens (tertiary/aromatic N) is 2. The molecule has 0 saturated heterocycles. The lowest BCUT2D eigenvalue weighted by Gasteiger charge is -2.07. The number of benzene rings is 1. The minimum absolute atomic E-state index is 0.0279. The van der Waals surface area contributed by atoms with Gasteiger partial charge >= 0.3 is 6.18 Å². The molecular formula is C16H12F3N3O2S. The lowest BCUT2D eigenvalue weighted by Crippen LogP contribution is -2.07. The number of nitriles is 1. The summed E-state index contributed by atoms with van der Waals surface area (Å²) in [6.07, 6.45) is -3.02. The van der Waals surface area contributed by atoms with Crippen LogP contribution in [0.3, 0.4) is 0 Å². The van der Waals surface area contributed by atoms with Gasteiger partial charge in [-0.3, -0.25) is 0 Å². The second kappa shape index (κ2) is 6.94. The first kappa shape index (κ1) is 18.5. The Balaban J connectivity index is 2.26. The van der Waals surface area contributed by atoms with Gasteiger partial charge in [0.05, 0.1) is 10.5 Å². The fourth-order valence-electron chi connectivity index (χ4n) is 1.80. The van der Waals surface area contributed by atoms with Crippen LogP contribution >= 0.6 is 0 Å². The standard InChI is InChI=1S/C16H12F3N3O2S/c1-11-2-5-13(6-3-11)25(23,24)14(8-20)10-22-15-7-4-12(9-21-15)16(17,18)19/h2-7,9-10H,1H3,(H,21,22)/b14-10-. The Bertz CT molecular complexity index is 927. The number of hydrogen-bond donors (Lipinski definition) is 1. The third-order valence-corrected chi connectivity index (χ3v) is 4.85. The molecule has 0 aliphatic rings. The molecule has 9 heteroatoms. The van der Waals surface area contributed by atoms with Crippen LogP contribution in [0.1, 0.15) is 11.1 Å². The second-order valence-corrected chi connectivity index (χ2v) is 6.93. The van der Waals surface area contributed by atoms with Gasteiger partial charge in [-0.1, -0.05) is 17.7 Å². The first-order valence-electron chi connectivity index (χ1n) is 6.86. The number of aromatic nitrogens is 1. The normalized spacial score (nSPS) is 12.5. The number of allylic oxidation sites excluding steroid dienone is 1. The number of rotatable bonds is 4. The smallest absolute Gasteiger partial charge is 0.345 e. The highest BCUT2D eigenvalue weighted by molar-refractivity contribution is 7.95. The number of alkyl halides is 3. The second-order valence-electron chi connectivity index (χ2n) is 5.01. The van der Waals surface area contributed by atoms with Crippen LogP contribution in [0, 0.1) is 18.3 Å². The van der Waals surface area contributed by atoms with Crippen LogP contribution in [-0.2, 0) is 16.0 Å². The third-order valence-electron chi connectivity index (χ3n) is 3.17. The largest absolute Gasteiger partial charge is 0.417 e. The molecule has 2 aromatic rings. The molecule has 0 atom stereocenters. The topological polar surface area (TPSA) is 82.8 Å². The fraction of sp³-hybridized carbons (Fsp3) is 0.125. The van der Waals surface area contributed by atoms with E-state index in [1.54, 1.807) is 25.1 Å². The Hall–Kier alpha value is -2.86. The van der Waals surface area contributed by atoms with Gasteiger partial charge in [0.15, 0.2) is 4.91 Å².